The second-order valence-corrected chi connectivity index (χ2v) is 19.9. The molecule has 0 spiro atoms. The first kappa shape index (κ1) is 42.6. The quantitative estimate of drug-likeness (QED) is 0.171. The Morgan fingerprint density at radius 2 is 1.30 bits per heavy atom. The van der Waals surface area contributed by atoms with Gasteiger partial charge in [0.2, 0.25) is 0 Å². The number of rotatable bonds is 7. The number of allylic oxidation sites excluding steroid dienone is 2. The standard InChI is InChI=1S/C41H60O16/c1-37(2)21-8-12-41(6)31(20(42)16-19-18-15-17(32(48)49)7-10-38(18,3)13-14-40(19,41)5)39(21,4)11-9-22(37)54-36-30(26(46)25(45)29(56-36)34(52)53)57-35-27(47)23(43)24(44)28(55-35)33(50)51/h16-18,21-31,35-36,43-47H,7-15H2,1-6H3,(H,48,49)(H,50,51)(H,52,53)/t17-,18+,21-,22-,23-,24-,25-,26-,27+,28-,29-,30+,31+,35-,36-,38+,39-,40+,41+/m0/s1. The molecule has 57 heavy (non-hydrogen) atoms. The highest BCUT2D eigenvalue weighted by atomic mass is 16.8. The van der Waals surface area contributed by atoms with Crippen molar-refractivity contribution in [1.29, 1.82) is 0 Å². The van der Waals surface area contributed by atoms with E-state index in [0.29, 0.717) is 25.7 Å². The van der Waals surface area contributed by atoms with Crippen LogP contribution in [0.15, 0.2) is 11.6 Å². The van der Waals surface area contributed by atoms with Gasteiger partial charge in [0, 0.05) is 5.92 Å². The first-order valence-electron chi connectivity index (χ1n) is 20.4. The predicted octanol–water partition coefficient (Wildman–Crippen LogP) is 1.86. The van der Waals surface area contributed by atoms with E-state index in [2.05, 4.69) is 27.7 Å². The van der Waals surface area contributed by atoms with Crippen LogP contribution in [0.25, 0.3) is 0 Å². The molecule has 19 atom stereocenters. The molecule has 320 valence electrons. The molecule has 0 unspecified atom stereocenters. The van der Waals surface area contributed by atoms with Crippen LogP contribution in [-0.2, 0) is 38.1 Å². The molecule has 0 aromatic rings. The third-order valence-electron chi connectivity index (χ3n) is 16.7. The highest BCUT2D eigenvalue weighted by Crippen LogP contribution is 2.75. The van der Waals surface area contributed by atoms with E-state index in [1.165, 1.54) is 0 Å². The molecule has 2 aliphatic heterocycles. The summed E-state index contributed by atoms with van der Waals surface area (Å²) in [5, 5.41) is 82.7. The van der Waals surface area contributed by atoms with Crippen LogP contribution in [0.1, 0.15) is 99.3 Å². The van der Waals surface area contributed by atoms with Gasteiger partial charge in [0.15, 0.2) is 30.6 Å². The van der Waals surface area contributed by atoms with Gasteiger partial charge in [0.05, 0.1) is 12.0 Å². The number of hydrogen-bond donors (Lipinski definition) is 8. The molecule has 8 N–H and O–H groups in total. The van der Waals surface area contributed by atoms with Gasteiger partial charge in [-0.2, -0.15) is 0 Å². The van der Waals surface area contributed by atoms with Crippen molar-refractivity contribution in [2.45, 2.75) is 167 Å². The number of carbonyl (C=O) groups is 4. The molecule has 0 bridgehead atoms. The number of hydrogen-bond acceptors (Lipinski definition) is 13. The summed E-state index contributed by atoms with van der Waals surface area (Å²) in [6, 6.07) is 0. The van der Waals surface area contributed by atoms with Crippen molar-refractivity contribution in [2.24, 2.45) is 50.7 Å². The average molecular weight is 809 g/mol. The summed E-state index contributed by atoms with van der Waals surface area (Å²) in [4.78, 5) is 50.9. The Morgan fingerprint density at radius 1 is 0.684 bits per heavy atom. The molecule has 7 aliphatic rings. The molecule has 0 amide bonds. The number of carboxylic acid groups (broad SMARTS) is 3. The molecular weight excluding hydrogens is 748 g/mol. The summed E-state index contributed by atoms with van der Waals surface area (Å²) in [5.41, 5.74) is -0.867. The van der Waals surface area contributed by atoms with Crippen LogP contribution in [0.5, 0.6) is 0 Å². The molecule has 5 aliphatic carbocycles. The number of ether oxygens (including phenoxy) is 4. The van der Waals surface area contributed by atoms with Crippen molar-refractivity contribution in [3.05, 3.63) is 11.6 Å². The number of aliphatic hydroxyl groups is 5. The van der Waals surface area contributed by atoms with Gasteiger partial charge in [0.1, 0.15) is 36.6 Å². The van der Waals surface area contributed by atoms with Gasteiger partial charge in [-0.25, -0.2) is 9.59 Å². The van der Waals surface area contributed by atoms with Crippen molar-refractivity contribution in [2.75, 3.05) is 0 Å². The minimum absolute atomic E-state index is 0.0107. The summed E-state index contributed by atoms with van der Waals surface area (Å²) in [7, 11) is 0. The lowest BCUT2D eigenvalue weighted by atomic mass is 9.33. The number of carboxylic acids is 3. The van der Waals surface area contributed by atoms with Gasteiger partial charge in [-0.15, -0.1) is 0 Å². The largest absolute Gasteiger partial charge is 0.481 e. The van der Waals surface area contributed by atoms with Crippen LogP contribution in [0.2, 0.25) is 0 Å². The number of carbonyl (C=O) groups excluding carboxylic acids is 1. The maximum Gasteiger partial charge on any atom is 0.335 e. The van der Waals surface area contributed by atoms with Crippen molar-refractivity contribution >= 4 is 23.7 Å². The van der Waals surface area contributed by atoms with E-state index >= 15 is 0 Å². The minimum Gasteiger partial charge on any atom is -0.481 e. The Bertz CT molecular complexity index is 1680. The first-order chi connectivity index (χ1) is 26.4. The number of fused-ring (bicyclic) bond motifs is 7. The van der Waals surface area contributed by atoms with Gasteiger partial charge >= 0.3 is 17.9 Å². The van der Waals surface area contributed by atoms with Gasteiger partial charge in [-0.3, -0.25) is 9.59 Å². The van der Waals surface area contributed by atoms with E-state index in [9.17, 15) is 60.0 Å². The molecular formula is C41H60O16. The molecule has 0 aromatic carbocycles. The van der Waals surface area contributed by atoms with E-state index in [1.807, 2.05) is 19.9 Å². The Kier molecular flexibility index (Phi) is 10.7. The van der Waals surface area contributed by atoms with Crippen LogP contribution in [-0.4, -0.2) is 132 Å². The van der Waals surface area contributed by atoms with E-state index in [-0.39, 0.29) is 34.4 Å². The molecule has 4 saturated carbocycles. The zero-order valence-corrected chi connectivity index (χ0v) is 33.4. The fourth-order valence-electron chi connectivity index (χ4n) is 13.2. The van der Waals surface area contributed by atoms with Crippen molar-refractivity contribution in [1.82, 2.24) is 0 Å². The van der Waals surface area contributed by atoms with Crippen LogP contribution >= 0.6 is 0 Å². The number of aliphatic hydroxyl groups excluding tert-OH is 5. The molecule has 2 saturated heterocycles. The normalized spacial score (nSPS) is 51.9. The molecule has 0 aromatic heterocycles. The monoisotopic (exact) mass is 808 g/mol. The summed E-state index contributed by atoms with van der Waals surface area (Å²) in [5.74, 6) is -4.84. The molecule has 6 fully saturated rings. The summed E-state index contributed by atoms with van der Waals surface area (Å²) >= 11 is 0. The van der Waals surface area contributed by atoms with Crippen molar-refractivity contribution in [3.63, 3.8) is 0 Å². The highest BCUT2D eigenvalue weighted by molar-refractivity contribution is 5.95. The Labute approximate surface area is 331 Å². The van der Waals surface area contributed by atoms with Gasteiger partial charge in [0.25, 0.3) is 0 Å². The summed E-state index contributed by atoms with van der Waals surface area (Å²) in [6.45, 7) is 13.0. The van der Waals surface area contributed by atoms with Gasteiger partial charge < -0.3 is 59.8 Å². The smallest absolute Gasteiger partial charge is 0.335 e. The second-order valence-electron chi connectivity index (χ2n) is 19.9. The molecule has 2 heterocycles. The highest BCUT2D eigenvalue weighted by Gasteiger charge is 2.70. The molecule has 16 heteroatoms. The van der Waals surface area contributed by atoms with Crippen LogP contribution in [0, 0.1) is 50.7 Å². The lowest BCUT2D eigenvalue weighted by Crippen LogP contribution is -2.68. The fourth-order valence-corrected chi connectivity index (χ4v) is 13.2. The van der Waals surface area contributed by atoms with E-state index < -0.39 is 108 Å². The Morgan fingerprint density at radius 3 is 1.91 bits per heavy atom. The zero-order chi connectivity index (χ0) is 41.9. The molecule has 7 rings (SSSR count). The third-order valence-corrected chi connectivity index (χ3v) is 16.7. The average Bonchev–Trinajstić information content (AvgIpc) is 3.12. The van der Waals surface area contributed by atoms with Crippen LogP contribution < -0.4 is 0 Å². The van der Waals surface area contributed by atoms with Crippen molar-refractivity contribution in [3.8, 4) is 0 Å². The lowest BCUT2D eigenvalue weighted by molar-refractivity contribution is -0.371. The maximum absolute atomic E-state index is 14.8. The van der Waals surface area contributed by atoms with Crippen molar-refractivity contribution < 1.29 is 79.0 Å². The van der Waals surface area contributed by atoms with E-state index in [0.717, 1.165) is 37.7 Å². The SMILES string of the molecule is CC1(C)[C@@H](O[C@H]2O[C@H](C(=O)O)[C@@H](O)[C@H](O)[C@H]2O[C@@H]2O[C@H](C(=O)O)[C@@H](O)[C@H](O)[C@H]2O)CC[C@]2(C)[C@H]3C(=O)C=C4[C@H]5C[C@@H](C(=O)O)CC[C@]5(C)CC[C@@]4(C)[C@]3(C)CC[C@@H]12. The van der Waals surface area contributed by atoms with Gasteiger partial charge in [-0.05, 0) is 103 Å². The fraction of sp³-hybridized carbons (Fsp3) is 0.854. The summed E-state index contributed by atoms with van der Waals surface area (Å²) < 4.78 is 23.3. The van der Waals surface area contributed by atoms with E-state index in [4.69, 9.17) is 18.9 Å². The van der Waals surface area contributed by atoms with Crippen LogP contribution in [0.3, 0.4) is 0 Å². The molecule has 16 nitrogen and oxygen atoms in total. The van der Waals surface area contributed by atoms with Crippen LogP contribution in [0.4, 0.5) is 0 Å². The predicted molar refractivity (Wildman–Crippen MR) is 195 cm³/mol. The second kappa shape index (κ2) is 14.3. The minimum atomic E-state index is -2.05. The Hall–Kier alpha value is -2.54. The first-order valence-corrected chi connectivity index (χ1v) is 20.4. The third kappa shape index (κ3) is 6.34. The lowest BCUT2D eigenvalue weighted by Gasteiger charge is -2.70. The maximum atomic E-state index is 14.8. The van der Waals surface area contributed by atoms with Gasteiger partial charge in [-0.1, -0.05) is 47.1 Å². The zero-order valence-electron chi connectivity index (χ0n) is 33.4. The Balaban J connectivity index is 1.17. The molecule has 0 radical (unpaired) electrons. The summed E-state index contributed by atoms with van der Waals surface area (Å²) in [6.07, 6.45) is -12.1. The topological polar surface area (TPSA) is 267 Å². The number of ketones is 1. The van der Waals surface area contributed by atoms with E-state index in [1.54, 1.807) is 0 Å². The number of aliphatic carboxylic acids is 3.